The Balaban J connectivity index is 2.18. The third kappa shape index (κ3) is 3.87. The SMILES string of the molecule is COCC1(C(=O)N2CC(C)N(S(C)(=O)=O)CC2C)CCOCC1. The van der Waals surface area contributed by atoms with Crippen molar-refractivity contribution in [2.75, 3.05) is 46.3 Å². The van der Waals surface area contributed by atoms with Crippen LogP contribution in [0.3, 0.4) is 0 Å². The molecule has 8 heteroatoms. The average molecular weight is 348 g/mol. The van der Waals surface area contributed by atoms with Gasteiger partial charge in [-0.15, -0.1) is 0 Å². The molecule has 0 radical (unpaired) electrons. The Bertz CT molecular complexity index is 524. The van der Waals surface area contributed by atoms with Crippen molar-refractivity contribution in [3.05, 3.63) is 0 Å². The van der Waals surface area contributed by atoms with Crippen molar-refractivity contribution in [2.45, 2.75) is 38.8 Å². The Labute approximate surface area is 139 Å². The first-order valence-corrected chi connectivity index (χ1v) is 9.91. The fourth-order valence-electron chi connectivity index (χ4n) is 3.60. The van der Waals surface area contributed by atoms with Gasteiger partial charge in [0.2, 0.25) is 15.9 Å². The van der Waals surface area contributed by atoms with Gasteiger partial charge in [0.25, 0.3) is 0 Å². The van der Waals surface area contributed by atoms with Gasteiger partial charge in [0.15, 0.2) is 0 Å². The number of carbonyl (C=O) groups excluding carboxylic acids is 1. The minimum atomic E-state index is -3.26. The molecule has 2 saturated heterocycles. The Hall–Kier alpha value is -0.700. The van der Waals surface area contributed by atoms with Crippen LogP contribution in [0.25, 0.3) is 0 Å². The molecule has 0 saturated carbocycles. The topological polar surface area (TPSA) is 76.2 Å². The van der Waals surface area contributed by atoms with Gasteiger partial charge in [0, 0.05) is 45.5 Å². The predicted molar refractivity (Wildman–Crippen MR) is 86.5 cm³/mol. The molecular formula is C15H28N2O5S. The maximum absolute atomic E-state index is 13.2. The second-order valence-corrected chi connectivity index (χ2v) is 8.75. The molecule has 0 aromatic rings. The minimum Gasteiger partial charge on any atom is -0.384 e. The highest BCUT2D eigenvalue weighted by Gasteiger charge is 2.46. The van der Waals surface area contributed by atoms with Crippen molar-refractivity contribution in [3.63, 3.8) is 0 Å². The lowest BCUT2D eigenvalue weighted by Gasteiger charge is -2.47. The van der Waals surface area contributed by atoms with Crippen LogP contribution in [0.15, 0.2) is 0 Å². The number of piperazine rings is 1. The van der Waals surface area contributed by atoms with Crippen LogP contribution >= 0.6 is 0 Å². The molecule has 7 nitrogen and oxygen atoms in total. The van der Waals surface area contributed by atoms with E-state index in [2.05, 4.69) is 0 Å². The largest absolute Gasteiger partial charge is 0.384 e. The first kappa shape index (κ1) is 18.6. The molecular weight excluding hydrogens is 320 g/mol. The number of ether oxygens (including phenoxy) is 2. The summed E-state index contributed by atoms with van der Waals surface area (Å²) in [5, 5.41) is 0. The van der Waals surface area contributed by atoms with Crippen LogP contribution in [-0.4, -0.2) is 81.9 Å². The molecule has 2 aliphatic heterocycles. The molecule has 0 N–H and O–H groups in total. The molecule has 1 amide bonds. The Morgan fingerprint density at radius 3 is 2.35 bits per heavy atom. The average Bonchev–Trinajstić information content (AvgIpc) is 2.48. The Morgan fingerprint density at radius 2 is 1.83 bits per heavy atom. The third-order valence-corrected chi connectivity index (χ3v) is 6.30. The minimum absolute atomic E-state index is 0.0650. The molecule has 2 aliphatic rings. The van der Waals surface area contributed by atoms with Gasteiger partial charge in [0.05, 0.1) is 18.3 Å². The number of nitrogens with zero attached hydrogens (tertiary/aromatic N) is 2. The van der Waals surface area contributed by atoms with Crippen LogP contribution in [0, 0.1) is 5.41 Å². The summed E-state index contributed by atoms with van der Waals surface area (Å²) in [6.07, 6.45) is 2.51. The van der Waals surface area contributed by atoms with Gasteiger partial charge in [0.1, 0.15) is 0 Å². The van der Waals surface area contributed by atoms with Gasteiger partial charge in [-0.3, -0.25) is 4.79 Å². The molecule has 0 spiro atoms. The van der Waals surface area contributed by atoms with Crippen LogP contribution in [0.2, 0.25) is 0 Å². The number of amides is 1. The number of hydrogen-bond donors (Lipinski definition) is 0. The second kappa shape index (κ2) is 7.04. The molecule has 0 aliphatic carbocycles. The molecule has 0 bridgehead atoms. The zero-order valence-electron chi connectivity index (χ0n) is 14.4. The van der Waals surface area contributed by atoms with Crippen molar-refractivity contribution in [3.8, 4) is 0 Å². The van der Waals surface area contributed by atoms with Crippen LogP contribution in [0.5, 0.6) is 0 Å². The van der Waals surface area contributed by atoms with Gasteiger partial charge in [-0.25, -0.2) is 8.42 Å². The maximum Gasteiger partial charge on any atom is 0.231 e. The smallest absolute Gasteiger partial charge is 0.231 e. The fraction of sp³-hybridized carbons (Fsp3) is 0.933. The zero-order valence-corrected chi connectivity index (χ0v) is 15.3. The summed E-state index contributed by atoms with van der Waals surface area (Å²) in [6, 6.07) is -0.366. The molecule has 134 valence electrons. The highest BCUT2D eigenvalue weighted by molar-refractivity contribution is 7.88. The number of methoxy groups -OCH3 is 1. The first-order valence-electron chi connectivity index (χ1n) is 8.06. The van der Waals surface area contributed by atoms with Crippen molar-refractivity contribution >= 4 is 15.9 Å². The van der Waals surface area contributed by atoms with Crippen molar-refractivity contribution in [1.82, 2.24) is 9.21 Å². The van der Waals surface area contributed by atoms with Gasteiger partial charge in [-0.2, -0.15) is 4.31 Å². The van der Waals surface area contributed by atoms with E-state index in [9.17, 15) is 13.2 Å². The summed E-state index contributed by atoms with van der Waals surface area (Å²) in [5.74, 6) is 0.0650. The third-order valence-electron chi connectivity index (χ3n) is 4.94. The highest BCUT2D eigenvalue weighted by atomic mass is 32.2. The molecule has 2 rings (SSSR count). The standard InChI is InChI=1S/C15H28N2O5S/c1-12-10-17(23(4,19)20)13(2)9-16(12)14(18)15(11-21-3)5-7-22-8-6-15/h12-13H,5-11H2,1-4H3. The molecule has 2 atom stereocenters. The van der Waals surface area contributed by atoms with Crippen molar-refractivity contribution < 1.29 is 22.7 Å². The van der Waals surface area contributed by atoms with Gasteiger partial charge in [-0.05, 0) is 26.7 Å². The van der Waals surface area contributed by atoms with E-state index in [0.717, 1.165) is 0 Å². The lowest BCUT2D eigenvalue weighted by atomic mass is 9.79. The quantitative estimate of drug-likeness (QED) is 0.731. The molecule has 2 unspecified atom stereocenters. The highest BCUT2D eigenvalue weighted by Crippen LogP contribution is 2.35. The molecule has 23 heavy (non-hydrogen) atoms. The summed E-state index contributed by atoms with van der Waals surface area (Å²) in [7, 11) is -1.65. The monoisotopic (exact) mass is 348 g/mol. The van der Waals surface area contributed by atoms with Gasteiger partial charge < -0.3 is 14.4 Å². The van der Waals surface area contributed by atoms with E-state index in [1.54, 1.807) is 7.11 Å². The first-order chi connectivity index (χ1) is 10.7. The van der Waals surface area contributed by atoms with Gasteiger partial charge >= 0.3 is 0 Å². The number of carbonyl (C=O) groups is 1. The van der Waals surface area contributed by atoms with E-state index in [1.165, 1.54) is 10.6 Å². The second-order valence-electron chi connectivity index (χ2n) is 6.81. The predicted octanol–water partition coefficient (Wildman–Crippen LogP) is 0.310. The van der Waals surface area contributed by atoms with Crippen LogP contribution < -0.4 is 0 Å². The Morgan fingerprint density at radius 1 is 1.22 bits per heavy atom. The van der Waals surface area contributed by atoms with Crippen molar-refractivity contribution in [2.24, 2.45) is 5.41 Å². The zero-order chi connectivity index (χ0) is 17.3. The molecule has 0 aromatic heterocycles. The summed E-state index contributed by atoms with van der Waals surface area (Å²) in [6.45, 7) is 6.00. The van der Waals surface area contributed by atoms with E-state index in [4.69, 9.17) is 9.47 Å². The van der Waals surface area contributed by atoms with Crippen LogP contribution in [0.1, 0.15) is 26.7 Å². The van der Waals surface area contributed by atoms with E-state index < -0.39 is 15.4 Å². The van der Waals surface area contributed by atoms with E-state index in [-0.39, 0.29) is 18.0 Å². The van der Waals surface area contributed by atoms with Crippen LogP contribution in [0.4, 0.5) is 0 Å². The number of rotatable bonds is 4. The van der Waals surface area contributed by atoms with Gasteiger partial charge in [-0.1, -0.05) is 0 Å². The molecule has 2 heterocycles. The summed E-state index contributed by atoms with van der Waals surface area (Å²) >= 11 is 0. The number of sulfonamides is 1. The van der Waals surface area contributed by atoms with Crippen LogP contribution in [-0.2, 0) is 24.3 Å². The Kier molecular flexibility index (Phi) is 5.71. The molecule has 0 aromatic carbocycles. The molecule has 2 fully saturated rings. The number of hydrogen-bond acceptors (Lipinski definition) is 5. The summed E-state index contributed by atoms with van der Waals surface area (Å²) < 4.78 is 36.0. The summed E-state index contributed by atoms with van der Waals surface area (Å²) in [5.41, 5.74) is -0.547. The summed E-state index contributed by atoms with van der Waals surface area (Å²) in [4.78, 5) is 15.0. The lowest BCUT2D eigenvalue weighted by Crippen LogP contribution is -2.62. The lowest BCUT2D eigenvalue weighted by molar-refractivity contribution is -0.157. The van der Waals surface area contributed by atoms with E-state index >= 15 is 0 Å². The fourth-order valence-corrected chi connectivity index (χ4v) is 4.81. The van der Waals surface area contributed by atoms with E-state index in [0.29, 0.717) is 45.8 Å². The van der Waals surface area contributed by atoms with E-state index in [1.807, 2.05) is 18.7 Å². The normalized spacial score (nSPS) is 29.5. The maximum atomic E-state index is 13.2. The van der Waals surface area contributed by atoms with Crippen molar-refractivity contribution in [1.29, 1.82) is 0 Å².